The van der Waals surface area contributed by atoms with Crippen molar-refractivity contribution in [2.45, 2.75) is 31.8 Å². The van der Waals surface area contributed by atoms with Crippen LogP contribution in [0.5, 0.6) is 0 Å². The van der Waals surface area contributed by atoms with E-state index in [0.717, 1.165) is 25.5 Å². The molecule has 1 aromatic rings. The third kappa shape index (κ3) is 2.38. The lowest BCUT2D eigenvalue weighted by molar-refractivity contribution is 0.140. The van der Waals surface area contributed by atoms with Crippen LogP contribution in [0.25, 0.3) is 0 Å². The Morgan fingerprint density at radius 2 is 2.40 bits per heavy atom. The van der Waals surface area contributed by atoms with Crippen molar-refractivity contribution in [2.24, 2.45) is 12.8 Å². The molecule has 1 aliphatic rings. The summed E-state index contributed by atoms with van der Waals surface area (Å²) in [4.78, 5) is 6.82. The summed E-state index contributed by atoms with van der Waals surface area (Å²) in [5.41, 5.74) is 5.79. The van der Waals surface area contributed by atoms with E-state index in [9.17, 15) is 0 Å². The van der Waals surface area contributed by atoms with Crippen molar-refractivity contribution in [1.29, 1.82) is 0 Å². The third-order valence-electron chi connectivity index (χ3n) is 3.29. The van der Waals surface area contributed by atoms with Crippen LogP contribution in [-0.4, -0.2) is 33.6 Å². The van der Waals surface area contributed by atoms with Crippen LogP contribution in [0.2, 0.25) is 0 Å². The monoisotopic (exact) mass is 208 g/mol. The van der Waals surface area contributed by atoms with Gasteiger partial charge < -0.3 is 10.3 Å². The summed E-state index contributed by atoms with van der Waals surface area (Å²) in [5.74, 6) is 1.13. The first-order valence-electron chi connectivity index (χ1n) is 5.71. The van der Waals surface area contributed by atoms with Gasteiger partial charge in [0.25, 0.3) is 0 Å². The molecule has 0 amide bonds. The number of nitrogens with zero attached hydrogens (tertiary/aromatic N) is 3. The summed E-state index contributed by atoms with van der Waals surface area (Å²) in [7, 11) is 2.05. The van der Waals surface area contributed by atoms with Crippen LogP contribution in [0.1, 0.15) is 25.1 Å². The molecule has 0 aromatic carbocycles. The molecule has 1 saturated heterocycles. The van der Waals surface area contributed by atoms with E-state index in [0.29, 0.717) is 6.04 Å². The van der Waals surface area contributed by atoms with E-state index in [2.05, 4.69) is 14.5 Å². The van der Waals surface area contributed by atoms with Crippen molar-refractivity contribution in [3.05, 3.63) is 18.2 Å². The molecule has 0 aliphatic carbocycles. The molecule has 0 bridgehead atoms. The fourth-order valence-electron chi connectivity index (χ4n) is 2.27. The summed E-state index contributed by atoms with van der Waals surface area (Å²) in [5, 5.41) is 0. The smallest absolute Gasteiger partial charge is 0.122 e. The Morgan fingerprint density at radius 3 is 3.07 bits per heavy atom. The molecule has 0 saturated carbocycles. The predicted octanol–water partition coefficient (Wildman–Crippen LogP) is 0.733. The molecule has 2 heterocycles. The second-order valence-corrected chi connectivity index (χ2v) is 4.31. The molecular weight excluding hydrogens is 188 g/mol. The van der Waals surface area contributed by atoms with Gasteiger partial charge in [-0.05, 0) is 19.4 Å². The van der Waals surface area contributed by atoms with Crippen LogP contribution in [0, 0.1) is 0 Å². The van der Waals surface area contributed by atoms with Gasteiger partial charge in [-0.25, -0.2) is 4.98 Å². The SMILES string of the molecule is Cn1ccnc1CN1CCCCC1CN. The van der Waals surface area contributed by atoms with Crippen LogP contribution >= 0.6 is 0 Å². The van der Waals surface area contributed by atoms with Gasteiger partial charge in [0.2, 0.25) is 0 Å². The van der Waals surface area contributed by atoms with Gasteiger partial charge >= 0.3 is 0 Å². The van der Waals surface area contributed by atoms with Crippen molar-refractivity contribution in [1.82, 2.24) is 14.5 Å². The minimum Gasteiger partial charge on any atom is -0.337 e. The molecule has 15 heavy (non-hydrogen) atoms. The van der Waals surface area contributed by atoms with Gasteiger partial charge in [0.1, 0.15) is 5.82 Å². The van der Waals surface area contributed by atoms with Crippen molar-refractivity contribution in [3.63, 3.8) is 0 Å². The van der Waals surface area contributed by atoms with Crippen LogP contribution in [0.4, 0.5) is 0 Å². The van der Waals surface area contributed by atoms with E-state index < -0.39 is 0 Å². The highest BCUT2D eigenvalue weighted by atomic mass is 15.2. The van der Waals surface area contributed by atoms with E-state index in [-0.39, 0.29) is 0 Å². The lowest BCUT2D eigenvalue weighted by atomic mass is 10.0. The number of aromatic nitrogens is 2. The zero-order chi connectivity index (χ0) is 10.7. The second-order valence-electron chi connectivity index (χ2n) is 4.31. The first kappa shape index (κ1) is 10.6. The van der Waals surface area contributed by atoms with Crippen LogP contribution in [0.15, 0.2) is 12.4 Å². The molecule has 0 radical (unpaired) electrons. The Labute approximate surface area is 91.1 Å². The maximum absolute atomic E-state index is 5.79. The Bertz CT molecular complexity index is 307. The zero-order valence-corrected chi connectivity index (χ0v) is 9.39. The fraction of sp³-hybridized carbons (Fsp3) is 0.727. The Hall–Kier alpha value is -0.870. The first-order valence-corrected chi connectivity index (χ1v) is 5.71. The molecule has 84 valence electrons. The largest absolute Gasteiger partial charge is 0.337 e. The Kier molecular flexibility index (Phi) is 3.38. The minimum absolute atomic E-state index is 0.551. The number of imidazole rings is 1. The van der Waals surface area contributed by atoms with Gasteiger partial charge in [-0.1, -0.05) is 6.42 Å². The highest BCUT2D eigenvalue weighted by Gasteiger charge is 2.21. The number of hydrogen-bond acceptors (Lipinski definition) is 3. The molecule has 2 rings (SSSR count). The van der Waals surface area contributed by atoms with Gasteiger partial charge in [0.05, 0.1) is 6.54 Å². The summed E-state index contributed by atoms with van der Waals surface area (Å²) in [6.07, 6.45) is 7.70. The number of likely N-dealkylation sites (tertiary alicyclic amines) is 1. The lowest BCUT2D eigenvalue weighted by Crippen LogP contribution is -2.43. The van der Waals surface area contributed by atoms with E-state index in [1.165, 1.54) is 19.3 Å². The molecule has 0 spiro atoms. The number of rotatable bonds is 3. The standard InChI is InChI=1S/C11H20N4/c1-14-7-5-13-11(14)9-15-6-3-2-4-10(15)8-12/h5,7,10H,2-4,6,8-9,12H2,1H3. The van der Waals surface area contributed by atoms with Gasteiger partial charge in [-0.3, -0.25) is 4.90 Å². The van der Waals surface area contributed by atoms with Crippen molar-refractivity contribution in [2.75, 3.05) is 13.1 Å². The highest BCUT2D eigenvalue weighted by Crippen LogP contribution is 2.17. The van der Waals surface area contributed by atoms with Crippen molar-refractivity contribution in [3.8, 4) is 0 Å². The third-order valence-corrected chi connectivity index (χ3v) is 3.29. The number of nitrogens with two attached hydrogens (primary N) is 1. The summed E-state index contributed by atoms with van der Waals surface area (Å²) in [6, 6.07) is 0.551. The van der Waals surface area contributed by atoms with Crippen molar-refractivity contribution >= 4 is 0 Å². The molecule has 1 aliphatic heterocycles. The molecule has 4 nitrogen and oxygen atoms in total. The maximum Gasteiger partial charge on any atom is 0.122 e. The molecule has 1 aromatic heterocycles. The lowest BCUT2D eigenvalue weighted by Gasteiger charge is -2.34. The molecule has 1 atom stereocenters. The van der Waals surface area contributed by atoms with Crippen molar-refractivity contribution < 1.29 is 0 Å². The van der Waals surface area contributed by atoms with E-state index in [4.69, 9.17) is 5.73 Å². The maximum atomic E-state index is 5.79. The van der Waals surface area contributed by atoms with E-state index in [1.54, 1.807) is 0 Å². The summed E-state index contributed by atoms with van der Waals surface area (Å²) in [6.45, 7) is 2.87. The molecule has 2 N–H and O–H groups in total. The van der Waals surface area contributed by atoms with Gasteiger partial charge in [-0.2, -0.15) is 0 Å². The van der Waals surface area contributed by atoms with Gasteiger partial charge in [0, 0.05) is 32.0 Å². The van der Waals surface area contributed by atoms with Gasteiger partial charge in [-0.15, -0.1) is 0 Å². The first-order chi connectivity index (χ1) is 7.31. The number of aryl methyl sites for hydroxylation is 1. The van der Waals surface area contributed by atoms with Crippen LogP contribution in [0.3, 0.4) is 0 Å². The molecule has 4 heteroatoms. The highest BCUT2D eigenvalue weighted by molar-refractivity contribution is 4.92. The normalized spacial score (nSPS) is 23.2. The molecular formula is C11H20N4. The number of piperidine rings is 1. The van der Waals surface area contributed by atoms with E-state index >= 15 is 0 Å². The average Bonchev–Trinajstić information content (AvgIpc) is 2.65. The van der Waals surface area contributed by atoms with E-state index in [1.807, 2.05) is 19.4 Å². The minimum atomic E-state index is 0.551. The Morgan fingerprint density at radius 1 is 1.53 bits per heavy atom. The predicted molar refractivity (Wildman–Crippen MR) is 60.3 cm³/mol. The number of hydrogen-bond donors (Lipinski definition) is 1. The summed E-state index contributed by atoms with van der Waals surface area (Å²) < 4.78 is 2.09. The molecule has 1 fully saturated rings. The Balaban J connectivity index is 2.00. The van der Waals surface area contributed by atoms with Crippen LogP contribution < -0.4 is 5.73 Å². The van der Waals surface area contributed by atoms with Crippen LogP contribution in [-0.2, 0) is 13.6 Å². The fourth-order valence-corrected chi connectivity index (χ4v) is 2.27. The second kappa shape index (κ2) is 4.77. The van der Waals surface area contributed by atoms with Gasteiger partial charge in [0.15, 0.2) is 0 Å². The average molecular weight is 208 g/mol. The summed E-state index contributed by atoms with van der Waals surface area (Å²) >= 11 is 0. The topological polar surface area (TPSA) is 47.1 Å². The molecule has 1 unspecified atom stereocenters. The quantitative estimate of drug-likeness (QED) is 0.796. The zero-order valence-electron chi connectivity index (χ0n) is 9.39.